The first-order valence-electron chi connectivity index (χ1n) is 9.70. The van der Waals surface area contributed by atoms with Crippen LogP contribution in [0.25, 0.3) is 0 Å². The zero-order chi connectivity index (χ0) is 21.9. The molecule has 1 aromatic carbocycles. The first-order chi connectivity index (χ1) is 14.4. The minimum absolute atomic E-state index is 0.0702. The highest BCUT2D eigenvalue weighted by Gasteiger charge is 2.26. The Kier molecular flexibility index (Phi) is 9.49. The molecule has 1 fully saturated rings. The molecule has 0 aliphatic carbocycles. The highest BCUT2D eigenvalue weighted by molar-refractivity contribution is 7.80. The zero-order valence-electron chi connectivity index (χ0n) is 17.3. The number of carbonyl (C=O) groups excluding carboxylic acids is 3. The van der Waals surface area contributed by atoms with Crippen LogP contribution in [-0.4, -0.2) is 85.7 Å². The number of methoxy groups -OCH3 is 2. The van der Waals surface area contributed by atoms with Gasteiger partial charge in [-0.1, -0.05) is 18.2 Å². The van der Waals surface area contributed by atoms with Gasteiger partial charge < -0.3 is 25.0 Å². The number of nitrogens with zero attached hydrogens (tertiary/aromatic N) is 2. The lowest BCUT2D eigenvalue weighted by molar-refractivity contribution is -0.149. The van der Waals surface area contributed by atoms with Gasteiger partial charge in [0.25, 0.3) is 0 Å². The summed E-state index contributed by atoms with van der Waals surface area (Å²) in [6, 6.07) is 8.41. The van der Waals surface area contributed by atoms with Gasteiger partial charge in [0.2, 0.25) is 5.91 Å². The second-order valence-corrected chi connectivity index (χ2v) is 7.22. The number of hydrogen-bond donors (Lipinski definition) is 2. The molecular weight excluding hydrogens is 408 g/mol. The molecule has 1 unspecified atom stereocenters. The first-order valence-corrected chi connectivity index (χ1v) is 10.1. The Bertz CT molecular complexity index is 746. The quantitative estimate of drug-likeness (QED) is 0.470. The number of para-hydroxylation sites is 1. The molecule has 0 radical (unpaired) electrons. The minimum Gasteiger partial charge on any atom is -0.469 e. The molecular formula is C20H28N4O5S. The van der Waals surface area contributed by atoms with Crippen LogP contribution in [0, 0.1) is 0 Å². The van der Waals surface area contributed by atoms with Gasteiger partial charge in [0.1, 0.15) is 6.04 Å². The lowest BCUT2D eigenvalue weighted by atomic mass is 10.2. The van der Waals surface area contributed by atoms with Crippen LogP contribution in [0.5, 0.6) is 0 Å². The predicted octanol–water partition coefficient (Wildman–Crippen LogP) is 0.612. The van der Waals surface area contributed by atoms with Gasteiger partial charge in [-0.2, -0.15) is 0 Å². The molecule has 0 bridgehead atoms. The van der Waals surface area contributed by atoms with E-state index in [1.54, 1.807) is 0 Å². The van der Waals surface area contributed by atoms with E-state index in [-0.39, 0.29) is 18.9 Å². The summed E-state index contributed by atoms with van der Waals surface area (Å²) >= 11 is 5.44. The number of benzene rings is 1. The van der Waals surface area contributed by atoms with E-state index >= 15 is 0 Å². The maximum absolute atomic E-state index is 12.3. The molecule has 10 heteroatoms. The normalized spacial score (nSPS) is 15.5. The van der Waals surface area contributed by atoms with E-state index in [4.69, 9.17) is 17.0 Å². The van der Waals surface area contributed by atoms with Crippen molar-refractivity contribution in [1.82, 2.24) is 15.1 Å². The van der Waals surface area contributed by atoms with Gasteiger partial charge in [-0.3, -0.25) is 14.5 Å². The summed E-state index contributed by atoms with van der Waals surface area (Å²) in [5.74, 6) is -1.19. The fraction of sp³-hybridized carbons (Fsp3) is 0.500. The number of hydrogen-bond acceptors (Lipinski definition) is 7. The largest absolute Gasteiger partial charge is 0.469 e. The van der Waals surface area contributed by atoms with Gasteiger partial charge in [-0.15, -0.1) is 0 Å². The maximum Gasteiger partial charge on any atom is 0.328 e. The summed E-state index contributed by atoms with van der Waals surface area (Å²) in [7, 11) is 2.51. The Morgan fingerprint density at radius 2 is 1.80 bits per heavy atom. The monoisotopic (exact) mass is 436 g/mol. The summed E-state index contributed by atoms with van der Waals surface area (Å²) in [5.41, 5.74) is 0.767. The van der Waals surface area contributed by atoms with Crippen molar-refractivity contribution in [1.29, 1.82) is 0 Å². The summed E-state index contributed by atoms with van der Waals surface area (Å²) in [6.45, 7) is 2.95. The van der Waals surface area contributed by atoms with Crippen LogP contribution in [0.15, 0.2) is 30.3 Å². The van der Waals surface area contributed by atoms with E-state index in [0.717, 1.165) is 18.7 Å². The van der Waals surface area contributed by atoms with Gasteiger partial charge in [0.15, 0.2) is 5.11 Å². The highest BCUT2D eigenvalue weighted by Crippen LogP contribution is 2.08. The Labute approximate surface area is 181 Å². The molecule has 0 saturated carbocycles. The van der Waals surface area contributed by atoms with Crippen LogP contribution in [-0.2, 0) is 23.9 Å². The second-order valence-electron chi connectivity index (χ2n) is 6.84. The lowest BCUT2D eigenvalue weighted by Crippen LogP contribution is -2.50. The van der Waals surface area contributed by atoms with Crippen LogP contribution in [0.1, 0.15) is 12.8 Å². The molecule has 1 saturated heterocycles. The molecule has 1 aromatic rings. The van der Waals surface area contributed by atoms with E-state index in [9.17, 15) is 14.4 Å². The van der Waals surface area contributed by atoms with E-state index < -0.39 is 18.0 Å². The molecule has 0 aromatic heterocycles. The fourth-order valence-electron chi connectivity index (χ4n) is 3.08. The van der Waals surface area contributed by atoms with E-state index in [1.165, 1.54) is 14.2 Å². The van der Waals surface area contributed by atoms with Crippen molar-refractivity contribution in [3.63, 3.8) is 0 Å². The van der Waals surface area contributed by atoms with E-state index in [1.807, 2.05) is 35.2 Å². The number of thiocarbonyl (C=S) groups is 1. The Morgan fingerprint density at radius 3 is 2.47 bits per heavy atom. The minimum atomic E-state index is -0.911. The average Bonchev–Trinajstić information content (AvgIpc) is 2.98. The third-order valence-corrected chi connectivity index (χ3v) is 5.06. The maximum atomic E-state index is 12.3. The summed E-state index contributed by atoms with van der Waals surface area (Å²) in [6.07, 6.45) is 0.628. The van der Waals surface area contributed by atoms with Crippen molar-refractivity contribution in [2.45, 2.75) is 18.9 Å². The highest BCUT2D eigenvalue weighted by atomic mass is 32.1. The van der Waals surface area contributed by atoms with Crippen LogP contribution in [0.4, 0.5) is 5.69 Å². The molecule has 1 heterocycles. The number of anilines is 1. The number of rotatable bonds is 7. The Balaban J connectivity index is 1.85. The van der Waals surface area contributed by atoms with Gasteiger partial charge in [-0.05, 0) is 30.8 Å². The number of esters is 2. The van der Waals surface area contributed by atoms with Crippen molar-refractivity contribution in [3.8, 4) is 0 Å². The number of nitrogens with one attached hydrogen (secondary N) is 2. The fourth-order valence-corrected chi connectivity index (χ4v) is 3.41. The Hall–Kier alpha value is -2.72. The van der Waals surface area contributed by atoms with E-state index in [2.05, 4.69) is 20.3 Å². The van der Waals surface area contributed by atoms with Crippen molar-refractivity contribution in [2.24, 2.45) is 0 Å². The number of ether oxygens (including phenoxy) is 2. The van der Waals surface area contributed by atoms with E-state index in [0.29, 0.717) is 24.7 Å². The van der Waals surface area contributed by atoms with Crippen LogP contribution >= 0.6 is 12.2 Å². The van der Waals surface area contributed by atoms with Crippen molar-refractivity contribution < 1.29 is 23.9 Å². The molecule has 0 spiro atoms. The van der Waals surface area contributed by atoms with Crippen LogP contribution in [0.2, 0.25) is 0 Å². The lowest BCUT2D eigenvalue weighted by Gasteiger charge is -2.27. The van der Waals surface area contributed by atoms with Gasteiger partial charge in [0.05, 0.1) is 27.2 Å². The molecule has 2 N–H and O–H groups in total. The molecule has 164 valence electrons. The molecule has 2 rings (SSSR count). The summed E-state index contributed by atoms with van der Waals surface area (Å²) in [4.78, 5) is 39.8. The van der Waals surface area contributed by atoms with Crippen molar-refractivity contribution in [3.05, 3.63) is 30.3 Å². The standard InChI is InChI=1S/C20H28N4O5S/c1-28-18(26)13-16(19(27)29-2)22-20(30)24-10-6-9-23(11-12-24)14-17(25)21-15-7-4-3-5-8-15/h3-5,7-8,16H,6,9-14H2,1-2H3,(H,21,25)(H,22,30). The Morgan fingerprint density at radius 1 is 1.07 bits per heavy atom. The zero-order valence-corrected chi connectivity index (χ0v) is 18.1. The smallest absolute Gasteiger partial charge is 0.328 e. The predicted molar refractivity (Wildman–Crippen MR) is 116 cm³/mol. The van der Waals surface area contributed by atoms with Crippen LogP contribution in [0.3, 0.4) is 0 Å². The molecule has 1 amide bonds. The second kappa shape index (κ2) is 12.1. The number of amides is 1. The van der Waals surface area contributed by atoms with Crippen LogP contribution < -0.4 is 10.6 Å². The van der Waals surface area contributed by atoms with Crippen molar-refractivity contribution in [2.75, 3.05) is 52.3 Å². The third kappa shape index (κ3) is 7.60. The third-order valence-electron chi connectivity index (χ3n) is 4.68. The topological polar surface area (TPSA) is 100 Å². The molecule has 1 atom stereocenters. The summed E-state index contributed by atoms with van der Waals surface area (Å²) < 4.78 is 9.37. The summed E-state index contributed by atoms with van der Waals surface area (Å²) in [5, 5.41) is 6.15. The number of carbonyl (C=O) groups is 3. The van der Waals surface area contributed by atoms with Crippen molar-refractivity contribution >= 4 is 40.9 Å². The van der Waals surface area contributed by atoms with Gasteiger partial charge in [-0.25, -0.2) is 4.79 Å². The first kappa shape index (κ1) is 23.6. The molecule has 9 nitrogen and oxygen atoms in total. The molecule has 30 heavy (non-hydrogen) atoms. The molecule has 1 aliphatic heterocycles. The molecule has 1 aliphatic rings. The van der Waals surface area contributed by atoms with Gasteiger partial charge in [0, 0.05) is 31.9 Å². The average molecular weight is 437 g/mol. The van der Waals surface area contributed by atoms with Gasteiger partial charge >= 0.3 is 11.9 Å². The SMILES string of the molecule is COC(=O)CC(NC(=S)N1CCCN(CC(=O)Nc2ccccc2)CC1)C(=O)OC.